The van der Waals surface area contributed by atoms with E-state index in [4.69, 9.17) is 21.4 Å². The third kappa shape index (κ3) is 4.80. The fourth-order valence-corrected chi connectivity index (χ4v) is 2.69. The van der Waals surface area contributed by atoms with E-state index in [1.165, 1.54) is 0 Å². The van der Waals surface area contributed by atoms with E-state index in [0.29, 0.717) is 6.54 Å². The number of thiocarbonyl (C=S) groups is 1. The molecular weight excluding hydrogens is 272 g/mol. The van der Waals surface area contributed by atoms with Crippen LogP contribution in [-0.4, -0.2) is 34.8 Å². The number of hydrogen-bond acceptors (Lipinski definition) is 3. The summed E-state index contributed by atoms with van der Waals surface area (Å²) >= 11 is 5.55. The Hall–Kier alpha value is -1.07. The van der Waals surface area contributed by atoms with E-state index >= 15 is 0 Å². The molecule has 2 rings (SSSR count). The molecule has 0 amide bonds. The summed E-state index contributed by atoms with van der Waals surface area (Å²) in [6, 6.07) is 3.88. The minimum absolute atomic E-state index is 0.0466. The summed E-state index contributed by atoms with van der Waals surface area (Å²) in [7, 11) is 0. The van der Waals surface area contributed by atoms with Crippen molar-refractivity contribution in [3.8, 4) is 0 Å². The summed E-state index contributed by atoms with van der Waals surface area (Å²) < 4.78 is 11.2. The Morgan fingerprint density at radius 2 is 2.30 bits per heavy atom. The molecule has 0 aromatic carbocycles. The van der Waals surface area contributed by atoms with Gasteiger partial charge in [0.1, 0.15) is 5.76 Å². The van der Waals surface area contributed by atoms with Gasteiger partial charge in [0.25, 0.3) is 0 Å². The Morgan fingerprint density at radius 1 is 1.50 bits per heavy atom. The van der Waals surface area contributed by atoms with E-state index < -0.39 is 0 Å². The van der Waals surface area contributed by atoms with Crippen LogP contribution in [0.2, 0.25) is 0 Å². The average Bonchev–Trinajstić information content (AvgIpc) is 2.98. The van der Waals surface area contributed by atoms with Gasteiger partial charge in [-0.25, -0.2) is 0 Å². The molecule has 2 heterocycles. The zero-order valence-electron chi connectivity index (χ0n) is 12.5. The van der Waals surface area contributed by atoms with Crippen molar-refractivity contribution in [3.63, 3.8) is 0 Å². The van der Waals surface area contributed by atoms with Crippen LogP contribution in [0.25, 0.3) is 0 Å². The molecule has 1 aromatic heterocycles. The molecule has 0 aliphatic carbocycles. The SMILES string of the molecule is CC(C)(C)NC(=S)N(Cc1ccco1)CC1CCCO1. The first-order chi connectivity index (χ1) is 9.44. The molecular formula is C15H24N2O2S. The third-order valence-electron chi connectivity index (χ3n) is 3.14. The zero-order valence-corrected chi connectivity index (χ0v) is 13.3. The van der Waals surface area contributed by atoms with Crippen molar-refractivity contribution < 1.29 is 9.15 Å². The van der Waals surface area contributed by atoms with Crippen molar-refractivity contribution >= 4 is 17.3 Å². The van der Waals surface area contributed by atoms with E-state index in [-0.39, 0.29) is 11.6 Å². The van der Waals surface area contributed by atoms with Gasteiger partial charge in [-0.05, 0) is 58.0 Å². The van der Waals surface area contributed by atoms with Gasteiger partial charge in [-0.2, -0.15) is 0 Å². The van der Waals surface area contributed by atoms with Crippen molar-refractivity contribution in [1.29, 1.82) is 0 Å². The molecule has 1 atom stereocenters. The van der Waals surface area contributed by atoms with Gasteiger partial charge in [-0.15, -0.1) is 0 Å². The molecule has 1 unspecified atom stereocenters. The van der Waals surface area contributed by atoms with Crippen LogP contribution in [0.1, 0.15) is 39.4 Å². The van der Waals surface area contributed by atoms with Gasteiger partial charge in [-0.3, -0.25) is 0 Å². The maximum Gasteiger partial charge on any atom is 0.169 e. The second-order valence-electron chi connectivity index (χ2n) is 6.28. The largest absolute Gasteiger partial charge is 0.467 e. The predicted molar refractivity (Wildman–Crippen MR) is 83.6 cm³/mol. The first kappa shape index (κ1) is 15.3. The van der Waals surface area contributed by atoms with Crippen molar-refractivity contribution in [2.45, 2.75) is 51.8 Å². The van der Waals surface area contributed by atoms with Crippen LogP contribution in [0.5, 0.6) is 0 Å². The third-order valence-corrected chi connectivity index (χ3v) is 3.50. The van der Waals surface area contributed by atoms with E-state index in [2.05, 4.69) is 31.0 Å². The van der Waals surface area contributed by atoms with Gasteiger partial charge in [0.2, 0.25) is 0 Å². The summed E-state index contributed by atoms with van der Waals surface area (Å²) in [5, 5.41) is 4.12. The van der Waals surface area contributed by atoms with Gasteiger partial charge in [0.15, 0.2) is 5.11 Å². The van der Waals surface area contributed by atoms with Crippen molar-refractivity contribution in [1.82, 2.24) is 10.2 Å². The maximum absolute atomic E-state index is 5.72. The Morgan fingerprint density at radius 3 is 2.85 bits per heavy atom. The van der Waals surface area contributed by atoms with Gasteiger partial charge in [-0.1, -0.05) is 0 Å². The number of ether oxygens (including phenoxy) is 1. The fraction of sp³-hybridized carbons (Fsp3) is 0.667. The molecule has 20 heavy (non-hydrogen) atoms. The Balaban J connectivity index is 2.00. The highest BCUT2D eigenvalue weighted by Crippen LogP contribution is 2.16. The molecule has 1 aromatic rings. The summed E-state index contributed by atoms with van der Waals surface area (Å²) in [5.41, 5.74) is -0.0466. The number of nitrogens with one attached hydrogen (secondary N) is 1. The molecule has 1 saturated heterocycles. The number of rotatable bonds is 4. The van der Waals surface area contributed by atoms with Crippen molar-refractivity contribution in [2.75, 3.05) is 13.2 Å². The van der Waals surface area contributed by atoms with E-state index in [1.54, 1.807) is 6.26 Å². The van der Waals surface area contributed by atoms with Crippen molar-refractivity contribution in [2.24, 2.45) is 0 Å². The smallest absolute Gasteiger partial charge is 0.169 e. The Bertz CT molecular complexity index is 420. The first-order valence-corrected chi connectivity index (χ1v) is 7.56. The van der Waals surface area contributed by atoms with Crippen molar-refractivity contribution in [3.05, 3.63) is 24.2 Å². The summed E-state index contributed by atoms with van der Waals surface area (Å²) in [4.78, 5) is 2.13. The summed E-state index contributed by atoms with van der Waals surface area (Å²) in [5.74, 6) is 0.918. The van der Waals surface area contributed by atoms with Crippen LogP contribution in [0.4, 0.5) is 0 Å². The van der Waals surface area contributed by atoms with E-state index in [9.17, 15) is 0 Å². The molecule has 1 N–H and O–H groups in total. The molecule has 1 aliphatic heterocycles. The lowest BCUT2D eigenvalue weighted by atomic mass is 10.1. The first-order valence-electron chi connectivity index (χ1n) is 7.15. The molecule has 0 spiro atoms. The highest BCUT2D eigenvalue weighted by atomic mass is 32.1. The second-order valence-corrected chi connectivity index (χ2v) is 6.66. The molecule has 5 heteroatoms. The molecule has 1 fully saturated rings. The topological polar surface area (TPSA) is 37.6 Å². The van der Waals surface area contributed by atoms with Gasteiger partial charge in [0, 0.05) is 18.7 Å². The fourth-order valence-electron chi connectivity index (χ4n) is 2.24. The zero-order chi connectivity index (χ0) is 14.6. The molecule has 0 saturated carbocycles. The number of nitrogens with zero attached hydrogens (tertiary/aromatic N) is 1. The monoisotopic (exact) mass is 296 g/mol. The standard InChI is InChI=1S/C15H24N2O2S/c1-15(2,3)16-14(20)17(10-12-6-4-8-18-12)11-13-7-5-9-19-13/h4,6,8,13H,5,7,9-11H2,1-3H3,(H,16,20). The Kier molecular flexibility index (Phi) is 5.05. The van der Waals surface area contributed by atoms with Crippen LogP contribution in [0.15, 0.2) is 22.8 Å². The quantitative estimate of drug-likeness (QED) is 0.865. The number of furan rings is 1. The Labute approximate surface area is 126 Å². The van der Waals surface area contributed by atoms with Crippen LogP contribution in [0, 0.1) is 0 Å². The van der Waals surface area contributed by atoms with Gasteiger partial charge in [0.05, 0.1) is 18.9 Å². The highest BCUT2D eigenvalue weighted by molar-refractivity contribution is 7.80. The van der Waals surface area contributed by atoms with Gasteiger partial charge >= 0.3 is 0 Å². The number of hydrogen-bond donors (Lipinski definition) is 1. The second kappa shape index (κ2) is 6.59. The molecule has 0 bridgehead atoms. The lowest BCUT2D eigenvalue weighted by Gasteiger charge is -2.32. The maximum atomic E-state index is 5.72. The van der Waals surface area contributed by atoms with Crippen LogP contribution < -0.4 is 5.32 Å². The average molecular weight is 296 g/mol. The summed E-state index contributed by atoms with van der Waals surface area (Å²) in [6.45, 7) is 8.67. The van der Waals surface area contributed by atoms with Crippen LogP contribution >= 0.6 is 12.2 Å². The van der Waals surface area contributed by atoms with Crippen LogP contribution in [-0.2, 0) is 11.3 Å². The van der Waals surface area contributed by atoms with E-state index in [1.807, 2.05) is 12.1 Å². The highest BCUT2D eigenvalue weighted by Gasteiger charge is 2.23. The molecule has 1 aliphatic rings. The van der Waals surface area contributed by atoms with Crippen LogP contribution in [0.3, 0.4) is 0 Å². The molecule has 0 radical (unpaired) electrons. The van der Waals surface area contributed by atoms with E-state index in [0.717, 1.165) is 36.9 Å². The minimum Gasteiger partial charge on any atom is -0.467 e. The molecule has 4 nitrogen and oxygen atoms in total. The normalized spacial score (nSPS) is 19.1. The predicted octanol–water partition coefficient (Wildman–Crippen LogP) is 2.93. The molecule has 112 valence electrons. The van der Waals surface area contributed by atoms with Gasteiger partial charge < -0.3 is 19.4 Å². The minimum atomic E-state index is -0.0466. The lowest BCUT2D eigenvalue weighted by molar-refractivity contribution is 0.0880. The lowest BCUT2D eigenvalue weighted by Crippen LogP contribution is -2.49. The summed E-state index contributed by atoms with van der Waals surface area (Å²) in [6.07, 6.45) is 4.20.